The molecule has 1 saturated carbocycles. The molecular weight excluding hydrogens is 475 g/mol. The van der Waals surface area contributed by atoms with Crippen molar-refractivity contribution < 1.29 is 28.5 Å². The van der Waals surface area contributed by atoms with E-state index >= 15 is 0 Å². The normalized spacial score (nSPS) is 19.8. The van der Waals surface area contributed by atoms with Crippen molar-refractivity contribution in [2.24, 2.45) is 5.92 Å². The van der Waals surface area contributed by atoms with Gasteiger partial charge in [0.1, 0.15) is 34.6 Å². The van der Waals surface area contributed by atoms with Crippen LogP contribution in [-0.4, -0.2) is 5.97 Å². The SMILES string of the molecule is CC1CCC(c2cc(F)c(C(=O)Oc3cc(F)c(I)c(F)c3)c(F)c2)CC1.[HH]. The lowest BCUT2D eigenvalue weighted by Gasteiger charge is -2.26. The maximum Gasteiger partial charge on any atom is 0.349 e. The van der Waals surface area contributed by atoms with Gasteiger partial charge in [0.2, 0.25) is 0 Å². The van der Waals surface area contributed by atoms with Crippen LogP contribution in [0.15, 0.2) is 24.3 Å². The van der Waals surface area contributed by atoms with Crippen LogP contribution >= 0.6 is 22.6 Å². The standard InChI is InChI=1S/C20H17F4IO2.H2/c1-10-2-4-11(5-3-10)12-6-14(21)18(15(22)7-12)20(26)27-13-8-16(23)19(25)17(24)9-13;/h6-11H,2-5H2,1H3;1H. The Labute approximate surface area is 169 Å². The quantitative estimate of drug-likeness (QED) is 0.158. The Kier molecular flexibility index (Phi) is 6.08. The van der Waals surface area contributed by atoms with Crippen LogP contribution in [-0.2, 0) is 0 Å². The fraction of sp³-hybridized carbons (Fsp3) is 0.350. The van der Waals surface area contributed by atoms with E-state index in [2.05, 4.69) is 6.92 Å². The van der Waals surface area contributed by atoms with E-state index in [0.29, 0.717) is 11.5 Å². The van der Waals surface area contributed by atoms with E-state index in [1.165, 1.54) is 22.6 Å². The van der Waals surface area contributed by atoms with Crippen molar-refractivity contribution >= 4 is 28.6 Å². The third kappa shape index (κ3) is 4.44. The van der Waals surface area contributed by atoms with Gasteiger partial charge in [-0.1, -0.05) is 19.8 Å². The van der Waals surface area contributed by atoms with Crippen molar-refractivity contribution in [2.75, 3.05) is 0 Å². The molecule has 0 amide bonds. The maximum absolute atomic E-state index is 14.4. The number of carbonyl (C=O) groups is 1. The summed E-state index contributed by atoms with van der Waals surface area (Å²) in [6.45, 7) is 2.15. The fourth-order valence-corrected chi connectivity index (χ4v) is 3.68. The highest BCUT2D eigenvalue weighted by atomic mass is 127. The Morgan fingerprint density at radius 3 is 2.00 bits per heavy atom. The largest absolute Gasteiger partial charge is 0.423 e. The first-order valence-electron chi connectivity index (χ1n) is 8.62. The number of esters is 1. The summed E-state index contributed by atoms with van der Waals surface area (Å²) in [7, 11) is 0. The van der Waals surface area contributed by atoms with Crippen LogP contribution in [0.1, 0.15) is 55.9 Å². The van der Waals surface area contributed by atoms with Crippen molar-refractivity contribution in [1.82, 2.24) is 0 Å². The predicted octanol–water partition coefficient (Wildman–Crippen LogP) is 6.61. The van der Waals surface area contributed by atoms with Crippen LogP contribution in [0, 0.1) is 32.8 Å². The molecule has 0 heterocycles. The average Bonchev–Trinajstić information content (AvgIpc) is 2.59. The second kappa shape index (κ2) is 8.16. The van der Waals surface area contributed by atoms with Crippen molar-refractivity contribution in [1.29, 1.82) is 0 Å². The van der Waals surface area contributed by atoms with Gasteiger partial charge in [-0.2, -0.15) is 0 Å². The van der Waals surface area contributed by atoms with Gasteiger partial charge in [0.05, 0.1) is 3.57 Å². The van der Waals surface area contributed by atoms with Crippen molar-refractivity contribution in [3.63, 3.8) is 0 Å². The molecule has 27 heavy (non-hydrogen) atoms. The van der Waals surface area contributed by atoms with Gasteiger partial charge in [0.25, 0.3) is 0 Å². The number of hydrogen-bond donors (Lipinski definition) is 0. The fourth-order valence-electron chi connectivity index (χ4n) is 3.37. The molecule has 1 aliphatic carbocycles. The molecule has 2 nitrogen and oxygen atoms in total. The predicted molar refractivity (Wildman–Crippen MR) is 103 cm³/mol. The molecule has 0 radical (unpaired) electrons. The first-order valence-corrected chi connectivity index (χ1v) is 9.69. The average molecular weight is 494 g/mol. The van der Waals surface area contributed by atoms with Gasteiger partial charge in [0, 0.05) is 13.6 Å². The monoisotopic (exact) mass is 494 g/mol. The highest BCUT2D eigenvalue weighted by Gasteiger charge is 2.26. The van der Waals surface area contributed by atoms with E-state index in [4.69, 9.17) is 4.74 Å². The van der Waals surface area contributed by atoms with E-state index < -0.39 is 40.6 Å². The van der Waals surface area contributed by atoms with Gasteiger partial charge in [0.15, 0.2) is 0 Å². The number of benzene rings is 2. The summed E-state index contributed by atoms with van der Waals surface area (Å²) >= 11 is 1.46. The Morgan fingerprint density at radius 1 is 0.963 bits per heavy atom. The van der Waals surface area contributed by atoms with Gasteiger partial charge in [-0.25, -0.2) is 22.4 Å². The summed E-state index contributed by atoms with van der Waals surface area (Å²) < 4.78 is 60.5. The summed E-state index contributed by atoms with van der Waals surface area (Å²) in [5.74, 6) is -5.09. The molecule has 146 valence electrons. The van der Waals surface area contributed by atoms with E-state index in [1.807, 2.05) is 0 Å². The highest BCUT2D eigenvalue weighted by Crippen LogP contribution is 2.36. The minimum Gasteiger partial charge on any atom is -0.423 e. The van der Waals surface area contributed by atoms with Crippen LogP contribution in [0.3, 0.4) is 0 Å². The van der Waals surface area contributed by atoms with Crippen LogP contribution in [0.2, 0.25) is 0 Å². The molecule has 0 bridgehead atoms. The summed E-state index contributed by atoms with van der Waals surface area (Å²) in [6.07, 6.45) is 3.65. The third-order valence-corrected chi connectivity index (χ3v) is 5.95. The van der Waals surface area contributed by atoms with Crippen molar-refractivity contribution in [2.45, 2.75) is 38.5 Å². The molecule has 0 N–H and O–H groups in total. The molecule has 2 aromatic carbocycles. The molecule has 1 aliphatic rings. The molecule has 0 saturated heterocycles. The summed E-state index contributed by atoms with van der Waals surface area (Å²) in [5.41, 5.74) is -0.359. The summed E-state index contributed by atoms with van der Waals surface area (Å²) in [4.78, 5) is 12.1. The molecule has 0 spiro atoms. The molecule has 1 fully saturated rings. The zero-order valence-corrected chi connectivity index (χ0v) is 16.7. The Hall–Kier alpha value is -1.64. The second-order valence-corrected chi connectivity index (χ2v) is 7.99. The topological polar surface area (TPSA) is 26.3 Å². The minimum atomic E-state index is -1.34. The molecule has 0 aromatic heterocycles. The lowest BCUT2D eigenvalue weighted by Crippen LogP contribution is -2.16. The van der Waals surface area contributed by atoms with Gasteiger partial charge >= 0.3 is 5.97 Å². The van der Waals surface area contributed by atoms with Crippen LogP contribution in [0.5, 0.6) is 5.75 Å². The molecule has 2 aromatic rings. The first-order chi connectivity index (χ1) is 12.8. The van der Waals surface area contributed by atoms with Crippen molar-refractivity contribution in [3.05, 3.63) is 62.2 Å². The number of carbonyl (C=O) groups excluding carboxylic acids is 1. The number of halogens is 5. The smallest absolute Gasteiger partial charge is 0.349 e. The number of rotatable bonds is 3. The Bertz CT molecular complexity index is 836. The Balaban J connectivity index is 0.00000280. The Morgan fingerprint density at radius 2 is 1.48 bits per heavy atom. The summed E-state index contributed by atoms with van der Waals surface area (Å²) in [6, 6.07) is 3.87. The first kappa shape index (κ1) is 20.1. The van der Waals surface area contributed by atoms with Gasteiger partial charge < -0.3 is 4.74 Å². The molecule has 0 aliphatic heterocycles. The number of hydrogen-bond acceptors (Lipinski definition) is 2. The zero-order valence-electron chi connectivity index (χ0n) is 14.5. The molecule has 7 heteroatoms. The zero-order chi connectivity index (χ0) is 19.7. The van der Waals surface area contributed by atoms with Crippen LogP contribution in [0.4, 0.5) is 17.6 Å². The minimum absolute atomic E-state index is 0. The van der Waals surface area contributed by atoms with Gasteiger partial charge in [-0.05, 0) is 65.0 Å². The lowest BCUT2D eigenvalue weighted by molar-refractivity contribution is 0.0723. The van der Waals surface area contributed by atoms with Crippen LogP contribution < -0.4 is 4.74 Å². The third-order valence-electron chi connectivity index (χ3n) is 4.92. The van der Waals surface area contributed by atoms with E-state index in [0.717, 1.165) is 49.9 Å². The lowest BCUT2D eigenvalue weighted by atomic mass is 9.79. The highest BCUT2D eigenvalue weighted by molar-refractivity contribution is 14.1. The molecule has 3 rings (SSSR count). The number of ether oxygens (including phenoxy) is 1. The van der Waals surface area contributed by atoms with E-state index in [-0.39, 0.29) is 10.9 Å². The summed E-state index contributed by atoms with van der Waals surface area (Å²) in [5, 5.41) is 0. The van der Waals surface area contributed by atoms with Gasteiger partial charge in [-0.3, -0.25) is 0 Å². The molecule has 0 unspecified atom stereocenters. The molecular formula is C20H19F4IO2. The van der Waals surface area contributed by atoms with E-state index in [9.17, 15) is 22.4 Å². The van der Waals surface area contributed by atoms with E-state index in [1.54, 1.807) is 0 Å². The van der Waals surface area contributed by atoms with Crippen LogP contribution in [0.25, 0.3) is 0 Å². The molecule has 0 atom stereocenters. The second-order valence-electron chi connectivity index (χ2n) is 6.91. The van der Waals surface area contributed by atoms with Crippen molar-refractivity contribution in [3.8, 4) is 5.75 Å². The maximum atomic E-state index is 14.4. The van der Waals surface area contributed by atoms with Gasteiger partial charge in [-0.15, -0.1) is 0 Å².